The number of cyclic esters (lactones) is 1. The Morgan fingerprint density at radius 1 is 1.04 bits per heavy atom. The molecule has 7 heteroatoms. The van der Waals surface area contributed by atoms with Gasteiger partial charge in [0.25, 0.3) is 0 Å². The lowest BCUT2D eigenvalue weighted by atomic mass is 10.0. The van der Waals surface area contributed by atoms with E-state index in [1.165, 1.54) is 4.31 Å². The molecule has 1 amide bonds. The molecule has 2 heterocycles. The number of carbonyl (C=O) groups is 1. The zero-order valence-corrected chi connectivity index (χ0v) is 16.7. The standard InChI is InChI=1S/C21H24N2O4S/c1-2-16-7-9-19(10-8-16)28(25,26)22-13-11-18(12-14-22)23-20-6-4-3-5-17(20)15-27-21(23)24/h3-10,18H,2,11-15H2,1H3. The van der Waals surface area contributed by atoms with Gasteiger partial charge in [0.2, 0.25) is 10.0 Å². The van der Waals surface area contributed by atoms with Crippen molar-refractivity contribution in [3.05, 3.63) is 59.7 Å². The fraction of sp³-hybridized carbons (Fsp3) is 0.381. The second-order valence-electron chi connectivity index (χ2n) is 7.19. The lowest BCUT2D eigenvalue weighted by Crippen LogP contribution is -2.50. The lowest BCUT2D eigenvalue weighted by Gasteiger charge is -2.39. The topological polar surface area (TPSA) is 66.9 Å². The highest BCUT2D eigenvalue weighted by Gasteiger charge is 2.36. The van der Waals surface area contributed by atoms with Gasteiger partial charge in [-0.15, -0.1) is 0 Å². The third-order valence-electron chi connectivity index (χ3n) is 5.56. The number of amides is 1. The van der Waals surface area contributed by atoms with Gasteiger partial charge in [0.15, 0.2) is 0 Å². The van der Waals surface area contributed by atoms with E-state index in [0.29, 0.717) is 30.8 Å². The predicted octanol–water partition coefficient (Wildman–Crippen LogP) is 3.56. The molecule has 4 rings (SSSR count). The largest absolute Gasteiger partial charge is 0.444 e. The molecule has 28 heavy (non-hydrogen) atoms. The Bertz CT molecular complexity index is 964. The van der Waals surface area contributed by atoms with E-state index >= 15 is 0 Å². The van der Waals surface area contributed by atoms with Crippen molar-refractivity contribution in [2.75, 3.05) is 18.0 Å². The Morgan fingerprint density at radius 3 is 2.39 bits per heavy atom. The highest BCUT2D eigenvalue weighted by Crippen LogP contribution is 2.32. The monoisotopic (exact) mass is 400 g/mol. The zero-order chi connectivity index (χ0) is 19.7. The number of hydrogen-bond donors (Lipinski definition) is 0. The Labute approximate surface area is 165 Å². The van der Waals surface area contributed by atoms with Crippen LogP contribution in [0.2, 0.25) is 0 Å². The zero-order valence-electron chi connectivity index (χ0n) is 15.9. The van der Waals surface area contributed by atoms with Crippen LogP contribution < -0.4 is 4.90 Å². The molecule has 0 saturated carbocycles. The fourth-order valence-electron chi connectivity index (χ4n) is 3.91. The average molecular weight is 401 g/mol. The Balaban J connectivity index is 1.49. The second-order valence-corrected chi connectivity index (χ2v) is 9.12. The quantitative estimate of drug-likeness (QED) is 0.787. The number of para-hydroxylation sites is 1. The molecule has 6 nitrogen and oxygen atoms in total. The molecular formula is C21H24N2O4S. The molecule has 0 bridgehead atoms. The Kier molecular flexibility index (Phi) is 5.12. The summed E-state index contributed by atoms with van der Waals surface area (Å²) in [5.74, 6) is 0. The molecule has 1 saturated heterocycles. The maximum atomic E-state index is 13.0. The van der Waals surface area contributed by atoms with Gasteiger partial charge in [0.1, 0.15) is 6.61 Å². The maximum absolute atomic E-state index is 13.0. The number of benzene rings is 2. The van der Waals surface area contributed by atoms with Crippen molar-refractivity contribution in [2.24, 2.45) is 0 Å². The number of aryl methyl sites for hydroxylation is 1. The number of anilines is 1. The first-order valence-electron chi connectivity index (χ1n) is 9.63. The summed E-state index contributed by atoms with van der Waals surface area (Å²) in [6.07, 6.45) is 1.68. The van der Waals surface area contributed by atoms with Crippen molar-refractivity contribution >= 4 is 21.8 Å². The van der Waals surface area contributed by atoms with Gasteiger partial charge in [-0.1, -0.05) is 37.3 Å². The van der Waals surface area contributed by atoms with Crippen LogP contribution in [0.3, 0.4) is 0 Å². The Hall–Kier alpha value is -2.38. The van der Waals surface area contributed by atoms with Crippen LogP contribution >= 0.6 is 0 Å². The number of piperidine rings is 1. The number of nitrogens with zero attached hydrogens (tertiary/aromatic N) is 2. The molecule has 2 aromatic rings. The number of sulfonamides is 1. The van der Waals surface area contributed by atoms with Crippen LogP contribution in [0, 0.1) is 0 Å². The fourth-order valence-corrected chi connectivity index (χ4v) is 5.38. The number of rotatable bonds is 4. The summed E-state index contributed by atoms with van der Waals surface area (Å²) < 4.78 is 32.7. The van der Waals surface area contributed by atoms with Gasteiger partial charge in [-0.3, -0.25) is 4.90 Å². The summed E-state index contributed by atoms with van der Waals surface area (Å²) in [6, 6.07) is 14.7. The molecule has 0 aromatic heterocycles. The van der Waals surface area contributed by atoms with Gasteiger partial charge < -0.3 is 4.74 Å². The van der Waals surface area contributed by atoms with E-state index < -0.39 is 10.0 Å². The summed E-state index contributed by atoms with van der Waals surface area (Å²) >= 11 is 0. The highest BCUT2D eigenvalue weighted by atomic mass is 32.2. The highest BCUT2D eigenvalue weighted by molar-refractivity contribution is 7.89. The minimum Gasteiger partial charge on any atom is -0.444 e. The van der Waals surface area contributed by atoms with Crippen molar-refractivity contribution in [3.8, 4) is 0 Å². The normalized spacial score (nSPS) is 18.6. The molecule has 0 spiro atoms. The number of ether oxygens (including phenoxy) is 1. The van der Waals surface area contributed by atoms with Crippen molar-refractivity contribution in [2.45, 2.75) is 43.7 Å². The van der Waals surface area contributed by atoms with E-state index in [1.54, 1.807) is 17.0 Å². The van der Waals surface area contributed by atoms with E-state index in [9.17, 15) is 13.2 Å². The summed E-state index contributed by atoms with van der Waals surface area (Å²) in [5.41, 5.74) is 2.96. The second kappa shape index (κ2) is 7.56. The number of fused-ring (bicyclic) bond motifs is 1. The van der Waals surface area contributed by atoms with Gasteiger partial charge >= 0.3 is 6.09 Å². The average Bonchev–Trinajstić information content (AvgIpc) is 2.74. The van der Waals surface area contributed by atoms with Crippen molar-refractivity contribution < 1.29 is 17.9 Å². The maximum Gasteiger partial charge on any atom is 0.414 e. The minimum atomic E-state index is -3.52. The summed E-state index contributed by atoms with van der Waals surface area (Å²) in [7, 11) is -3.52. The molecular weight excluding hydrogens is 376 g/mol. The summed E-state index contributed by atoms with van der Waals surface area (Å²) in [6.45, 7) is 3.09. The molecule has 0 N–H and O–H groups in total. The van der Waals surface area contributed by atoms with E-state index in [4.69, 9.17) is 4.74 Å². The van der Waals surface area contributed by atoms with Crippen LogP contribution in [-0.2, 0) is 27.8 Å². The van der Waals surface area contributed by atoms with Crippen LogP contribution in [0.25, 0.3) is 0 Å². The molecule has 0 atom stereocenters. The van der Waals surface area contributed by atoms with Crippen LogP contribution in [0.1, 0.15) is 30.9 Å². The van der Waals surface area contributed by atoms with Crippen LogP contribution in [0.4, 0.5) is 10.5 Å². The van der Waals surface area contributed by atoms with Crippen LogP contribution in [-0.4, -0.2) is 37.9 Å². The summed E-state index contributed by atoms with van der Waals surface area (Å²) in [5, 5.41) is 0. The first kappa shape index (κ1) is 19.0. The number of hydrogen-bond acceptors (Lipinski definition) is 4. The predicted molar refractivity (Wildman–Crippen MR) is 107 cm³/mol. The van der Waals surface area contributed by atoms with Gasteiger partial charge in [-0.2, -0.15) is 4.31 Å². The molecule has 0 unspecified atom stereocenters. The minimum absolute atomic E-state index is 0.0668. The van der Waals surface area contributed by atoms with E-state index in [2.05, 4.69) is 0 Å². The molecule has 2 aliphatic rings. The SMILES string of the molecule is CCc1ccc(S(=O)(=O)N2CCC(N3C(=O)OCc4ccccc43)CC2)cc1. The summed E-state index contributed by atoms with van der Waals surface area (Å²) in [4.78, 5) is 14.4. The third kappa shape index (κ3) is 3.40. The Morgan fingerprint density at radius 2 is 1.71 bits per heavy atom. The van der Waals surface area contributed by atoms with Crippen molar-refractivity contribution in [3.63, 3.8) is 0 Å². The van der Waals surface area contributed by atoms with Crippen LogP contribution in [0.15, 0.2) is 53.4 Å². The number of carbonyl (C=O) groups excluding carboxylic acids is 1. The lowest BCUT2D eigenvalue weighted by molar-refractivity contribution is 0.136. The first-order chi connectivity index (χ1) is 13.5. The van der Waals surface area contributed by atoms with Gasteiger partial charge in [-0.25, -0.2) is 13.2 Å². The molecule has 1 fully saturated rings. The van der Waals surface area contributed by atoms with Crippen molar-refractivity contribution in [1.82, 2.24) is 4.31 Å². The molecule has 2 aromatic carbocycles. The van der Waals surface area contributed by atoms with Gasteiger partial charge in [0, 0.05) is 24.7 Å². The third-order valence-corrected chi connectivity index (χ3v) is 7.47. The van der Waals surface area contributed by atoms with E-state index in [0.717, 1.165) is 23.2 Å². The van der Waals surface area contributed by atoms with Crippen LogP contribution in [0.5, 0.6) is 0 Å². The van der Waals surface area contributed by atoms with Crippen molar-refractivity contribution in [1.29, 1.82) is 0 Å². The van der Waals surface area contributed by atoms with E-state index in [-0.39, 0.29) is 18.7 Å². The molecule has 2 aliphatic heterocycles. The molecule has 0 radical (unpaired) electrons. The molecule has 0 aliphatic carbocycles. The van der Waals surface area contributed by atoms with Gasteiger partial charge in [-0.05, 0) is 43.0 Å². The van der Waals surface area contributed by atoms with E-state index in [1.807, 2.05) is 43.3 Å². The smallest absolute Gasteiger partial charge is 0.414 e. The molecule has 148 valence electrons. The first-order valence-corrected chi connectivity index (χ1v) is 11.1. The van der Waals surface area contributed by atoms with Gasteiger partial charge in [0.05, 0.1) is 10.6 Å².